The predicted molar refractivity (Wildman–Crippen MR) is 114 cm³/mol. The Hall–Kier alpha value is -2.09. The molecule has 3 rings (SSSR count). The first kappa shape index (κ1) is 21.6. The summed E-state index contributed by atoms with van der Waals surface area (Å²) in [5.74, 6) is 0.433. The van der Waals surface area contributed by atoms with E-state index in [2.05, 4.69) is 5.32 Å². The topological polar surface area (TPSA) is 75.7 Å². The molecule has 0 spiro atoms. The van der Waals surface area contributed by atoms with Crippen LogP contribution in [0.25, 0.3) is 0 Å². The van der Waals surface area contributed by atoms with Gasteiger partial charge in [0.15, 0.2) is 0 Å². The summed E-state index contributed by atoms with van der Waals surface area (Å²) >= 11 is 5.84. The number of piperidine rings is 1. The van der Waals surface area contributed by atoms with Crippen molar-refractivity contribution in [2.24, 2.45) is 5.92 Å². The number of sulfonamides is 1. The van der Waals surface area contributed by atoms with E-state index in [1.165, 1.54) is 16.4 Å². The first-order chi connectivity index (χ1) is 13.8. The second kappa shape index (κ2) is 9.15. The van der Waals surface area contributed by atoms with Gasteiger partial charge in [-0.25, -0.2) is 8.42 Å². The highest BCUT2D eigenvalue weighted by Crippen LogP contribution is 2.26. The van der Waals surface area contributed by atoms with E-state index in [1.54, 1.807) is 24.3 Å². The monoisotopic (exact) mass is 436 g/mol. The number of hydrogen-bond donors (Lipinski definition) is 1. The predicted octanol–water partition coefficient (Wildman–Crippen LogP) is 4.17. The number of halogens is 1. The van der Waals surface area contributed by atoms with Crippen LogP contribution in [0.15, 0.2) is 53.4 Å². The van der Waals surface area contributed by atoms with Crippen molar-refractivity contribution in [1.29, 1.82) is 0 Å². The fourth-order valence-corrected chi connectivity index (χ4v) is 4.84. The molecule has 0 atom stereocenters. The summed E-state index contributed by atoms with van der Waals surface area (Å²) in [6, 6.07) is 13.4. The fourth-order valence-electron chi connectivity index (χ4n) is 3.25. The van der Waals surface area contributed by atoms with Crippen molar-refractivity contribution in [3.63, 3.8) is 0 Å². The SMILES string of the molecule is CC(C)Oc1ccc(NC(=O)C2CCN(S(=O)(=O)c3ccc(Cl)cc3)CC2)cc1. The molecule has 1 amide bonds. The fraction of sp³-hybridized carbons (Fsp3) is 0.381. The molecule has 2 aromatic rings. The number of carbonyl (C=O) groups excluding carboxylic acids is 1. The van der Waals surface area contributed by atoms with E-state index >= 15 is 0 Å². The van der Waals surface area contributed by atoms with Crippen LogP contribution in [-0.2, 0) is 14.8 Å². The molecule has 6 nitrogen and oxygen atoms in total. The molecule has 1 fully saturated rings. The zero-order valence-corrected chi connectivity index (χ0v) is 18.0. The molecular formula is C21H25ClN2O4S. The maximum absolute atomic E-state index is 12.7. The van der Waals surface area contributed by atoms with Crippen molar-refractivity contribution in [3.8, 4) is 5.75 Å². The van der Waals surface area contributed by atoms with Crippen LogP contribution in [0.3, 0.4) is 0 Å². The molecule has 1 aliphatic rings. The third-order valence-corrected chi connectivity index (χ3v) is 6.93. The van der Waals surface area contributed by atoms with Crippen LogP contribution in [-0.4, -0.2) is 37.8 Å². The van der Waals surface area contributed by atoms with Gasteiger partial charge in [-0.15, -0.1) is 0 Å². The molecule has 0 radical (unpaired) electrons. The summed E-state index contributed by atoms with van der Waals surface area (Å²) in [7, 11) is -3.57. The van der Waals surface area contributed by atoms with Crippen LogP contribution < -0.4 is 10.1 Å². The second-order valence-electron chi connectivity index (χ2n) is 7.31. The van der Waals surface area contributed by atoms with Crippen LogP contribution in [0.1, 0.15) is 26.7 Å². The molecule has 0 aliphatic carbocycles. The lowest BCUT2D eigenvalue weighted by molar-refractivity contribution is -0.120. The molecule has 8 heteroatoms. The van der Waals surface area contributed by atoms with Gasteiger partial charge in [0.25, 0.3) is 0 Å². The molecule has 1 heterocycles. The average molecular weight is 437 g/mol. The number of hydrogen-bond acceptors (Lipinski definition) is 4. The van der Waals surface area contributed by atoms with E-state index < -0.39 is 10.0 Å². The van der Waals surface area contributed by atoms with E-state index in [4.69, 9.17) is 16.3 Å². The number of nitrogens with zero attached hydrogens (tertiary/aromatic N) is 1. The van der Waals surface area contributed by atoms with Gasteiger partial charge in [-0.1, -0.05) is 11.6 Å². The van der Waals surface area contributed by atoms with Gasteiger partial charge in [0.05, 0.1) is 11.0 Å². The van der Waals surface area contributed by atoms with Gasteiger partial charge >= 0.3 is 0 Å². The van der Waals surface area contributed by atoms with Gasteiger partial charge in [0, 0.05) is 29.7 Å². The Balaban J connectivity index is 1.56. The Labute approximate surface area is 176 Å². The van der Waals surface area contributed by atoms with Crippen molar-refractivity contribution in [3.05, 3.63) is 53.6 Å². The normalized spacial score (nSPS) is 16.0. The van der Waals surface area contributed by atoms with E-state index in [9.17, 15) is 13.2 Å². The van der Waals surface area contributed by atoms with Crippen LogP contribution in [0, 0.1) is 5.92 Å². The van der Waals surface area contributed by atoms with Gasteiger partial charge in [-0.3, -0.25) is 4.79 Å². The minimum absolute atomic E-state index is 0.0878. The van der Waals surface area contributed by atoms with Crippen molar-refractivity contribution in [2.45, 2.75) is 37.7 Å². The summed E-state index contributed by atoms with van der Waals surface area (Å²) in [4.78, 5) is 12.8. The Morgan fingerprint density at radius 3 is 2.21 bits per heavy atom. The highest BCUT2D eigenvalue weighted by molar-refractivity contribution is 7.89. The quantitative estimate of drug-likeness (QED) is 0.737. The Morgan fingerprint density at radius 1 is 1.07 bits per heavy atom. The summed E-state index contributed by atoms with van der Waals surface area (Å²) in [5.41, 5.74) is 0.697. The van der Waals surface area contributed by atoms with E-state index in [0.717, 1.165) is 5.75 Å². The maximum Gasteiger partial charge on any atom is 0.243 e. The average Bonchev–Trinajstić information content (AvgIpc) is 2.69. The largest absolute Gasteiger partial charge is 0.491 e. The Morgan fingerprint density at radius 2 is 1.66 bits per heavy atom. The van der Waals surface area contributed by atoms with Gasteiger partial charge in [0.2, 0.25) is 15.9 Å². The Bertz CT molecular complexity index is 936. The number of nitrogens with one attached hydrogen (secondary N) is 1. The van der Waals surface area contributed by atoms with Crippen LogP contribution >= 0.6 is 11.6 Å². The lowest BCUT2D eigenvalue weighted by Crippen LogP contribution is -2.41. The highest BCUT2D eigenvalue weighted by atomic mass is 35.5. The number of anilines is 1. The molecule has 156 valence electrons. The zero-order valence-electron chi connectivity index (χ0n) is 16.5. The van der Waals surface area contributed by atoms with E-state index in [0.29, 0.717) is 36.6 Å². The Kier molecular flexibility index (Phi) is 6.82. The maximum atomic E-state index is 12.7. The summed E-state index contributed by atoms with van der Waals surface area (Å²) in [6.07, 6.45) is 1.05. The van der Waals surface area contributed by atoms with Crippen molar-refractivity contribution >= 4 is 33.2 Å². The van der Waals surface area contributed by atoms with E-state index in [1.807, 2.05) is 26.0 Å². The number of ether oxygens (including phenoxy) is 1. The molecule has 1 aliphatic heterocycles. The summed E-state index contributed by atoms with van der Waals surface area (Å²) in [6.45, 7) is 4.53. The third kappa shape index (κ3) is 5.50. The molecule has 0 saturated carbocycles. The molecule has 2 aromatic carbocycles. The first-order valence-corrected chi connectivity index (χ1v) is 11.4. The number of rotatable bonds is 6. The smallest absolute Gasteiger partial charge is 0.243 e. The molecule has 0 aromatic heterocycles. The molecule has 0 bridgehead atoms. The minimum atomic E-state index is -3.57. The standard InChI is InChI=1S/C21H25ClN2O4S/c1-15(2)28-19-7-5-18(6-8-19)23-21(25)16-11-13-24(14-12-16)29(26,27)20-9-3-17(22)4-10-20/h3-10,15-16H,11-14H2,1-2H3,(H,23,25). The lowest BCUT2D eigenvalue weighted by atomic mass is 9.97. The molecular weight excluding hydrogens is 412 g/mol. The summed E-state index contributed by atoms with van der Waals surface area (Å²) in [5, 5.41) is 3.40. The first-order valence-electron chi connectivity index (χ1n) is 9.59. The zero-order chi connectivity index (χ0) is 21.0. The third-order valence-electron chi connectivity index (χ3n) is 4.77. The number of carbonyl (C=O) groups is 1. The van der Waals surface area contributed by atoms with Crippen LogP contribution in [0.4, 0.5) is 5.69 Å². The number of amides is 1. The molecule has 1 N–H and O–H groups in total. The van der Waals surface area contributed by atoms with Crippen LogP contribution in [0.5, 0.6) is 5.75 Å². The van der Waals surface area contributed by atoms with Crippen LogP contribution in [0.2, 0.25) is 5.02 Å². The molecule has 0 unspecified atom stereocenters. The van der Waals surface area contributed by atoms with Crippen molar-refractivity contribution in [2.75, 3.05) is 18.4 Å². The van der Waals surface area contributed by atoms with Gasteiger partial charge in [0.1, 0.15) is 5.75 Å². The molecule has 29 heavy (non-hydrogen) atoms. The second-order valence-corrected chi connectivity index (χ2v) is 9.69. The van der Waals surface area contributed by atoms with Gasteiger partial charge in [-0.05, 0) is 75.2 Å². The molecule has 1 saturated heterocycles. The van der Waals surface area contributed by atoms with Crippen molar-refractivity contribution in [1.82, 2.24) is 4.31 Å². The van der Waals surface area contributed by atoms with Gasteiger partial charge < -0.3 is 10.1 Å². The number of benzene rings is 2. The summed E-state index contributed by atoms with van der Waals surface area (Å²) < 4.78 is 32.5. The minimum Gasteiger partial charge on any atom is -0.491 e. The van der Waals surface area contributed by atoms with Crippen molar-refractivity contribution < 1.29 is 17.9 Å². The highest BCUT2D eigenvalue weighted by Gasteiger charge is 2.32. The lowest BCUT2D eigenvalue weighted by Gasteiger charge is -2.30. The van der Waals surface area contributed by atoms with E-state index in [-0.39, 0.29) is 22.8 Å². The van der Waals surface area contributed by atoms with Gasteiger partial charge in [-0.2, -0.15) is 4.31 Å².